The monoisotopic (exact) mass is 386 g/mol. The van der Waals surface area contributed by atoms with Crippen molar-refractivity contribution in [2.24, 2.45) is 0 Å². The summed E-state index contributed by atoms with van der Waals surface area (Å²) in [4.78, 5) is 14.3. The summed E-state index contributed by atoms with van der Waals surface area (Å²) in [5, 5.41) is 11.5. The summed E-state index contributed by atoms with van der Waals surface area (Å²) in [5.74, 6) is -0.435. The number of hydrogen-bond donors (Lipinski definition) is 1. The highest BCUT2D eigenvalue weighted by Gasteiger charge is 2.23. The Morgan fingerprint density at radius 2 is 1.74 bits per heavy atom. The zero-order chi connectivity index (χ0) is 20.2. The second-order valence-electron chi connectivity index (χ2n) is 6.34. The van der Waals surface area contributed by atoms with Gasteiger partial charge in [-0.25, -0.2) is 8.42 Å². The molecule has 1 amide bonds. The van der Waals surface area contributed by atoms with Gasteiger partial charge in [-0.15, -0.1) is 0 Å². The summed E-state index contributed by atoms with van der Waals surface area (Å²) in [7, 11) is 1.37. The average molecular weight is 386 g/mol. The third-order valence-corrected chi connectivity index (χ3v) is 5.88. The minimum absolute atomic E-state index is 0.0308. The number of benzene rings is 2. The number of amides is 1. The van der Waals surface area contributed by atoms with E-state index in [2.05, 4.69) is 5.32 Å². The highest BCUT2D eigenvalue weighted by Crippen LogP contribution is 2.21. The molecule has 0 saturated carbocycles. The van der Waals surface area contributed by atoms with Crippen LogP contribution in [-0.2, 0) is 14.8 Å². The van der Waals surface area contributed by atoms with Crippen LogP contribution in [0.4, 0.5) is 11.4 Å². The van der Waals surface area contributed by atoms with Crippen molar-refractivity contribution in [1.82, 2.24) is 4.31 Å². The van der Waals surface area contributed by atoms with Crippen molar-refractivity contribution in [3.05, 3.63) is 53.6 Å². The van der Waals surface area contributed by atoms with Crippen molar-refractivity contribution >= 4 is 27.3 Å². The lowest BCUT2D eigenvalue weighted by atomic mass is 10.1. The number of rotatable bonds is 6. The Morgan fingerprint density at radius 3 is 2.26 bits per heavy atom. The fourth-order valence-corrected chi connectivity index (χ4v) is 3.55. The zero-order valence-corrected chi connectivity index (χ0v) is 16.5. The summed E-state index contributed by atoms with van der Waals surface area (Å²) in [6.45, 7) is 1.55. The highest BCUT2D eigenvalue weighted by atomic mass is 32.2. The maximum absolute atomic E-state index is 12.6. The van der Waals surface area contributed by atoms with Crippen LogP contribution < -0.4 is 10.2 Å². The summed E-state index contributed by atoms with van der Waals surface area (Å²) in [5.41, 5.74) is 2.89. The van der Waals surface area contributed by atoms with Crippen molar-refractivity contribution in [2.75, 3.05) is 37.9 Å². The number of carbonyl (C=O) groups is 1. The van der Waals surface area contributed by atoms with E-state index in [0.29, 0.717) is 11.3 Å². The van der Waals surface area contributed by atoms with E-state index in [1.807, 2.05) is 44.1 Å². The van der Waals surface area contributed by atoms with Gasteiger partial charge in [-0.2, -0.15) is 9.57 Å². The van der Waals surface area contributed by atoms with E-state index in [1.54, 1.807) is 6.07 Å². The van der Waals surface area contributed by atoms with Gasteiger partial charge < -0.3 is 10.2 Å². The molecular weight excluding hydrogens is 364 g/mol. The SMILES string of the molecule is Cc1cc(N(C)C)ccc1NC(=O)CN(C)S(=O)(=O)c1ccc(C#N)cc1. The van der Waals surface area contributed by atoms with E-state index >= 15 is 0 Å². The first kappa shape index (κ1) is 20.4. The maximum atomic E-state index is 12.6. The standard InChI is InChI=1S/C19H22N4O3S/c1-14-11-16(22(2)3)7-10-18(14)21-19(24)13-23(4)27(25,26)17-8-5-15(12-20)6-9-17/h5-11H,13H2,1-4H3,(H,21,24). The van der Waals surface area contributed by atoms with Gasteiger partial charge in [0, 0.05) is 32.5 Å². The van der Waals surface area contributed by atoms with Crippen LogP contribution in [-0.4, -0.2) is 46.3 Å². The predicted octanol–water partition coefficient (Wildman–Crippen LogP) is 2.19. The Morgan fingerprint density at radius 1 is 1.11 bits per heavy atom. The van der Waals surface area contributed by atoms with Gasteiger partial charge in [0.2, 0.25) is 15.9 Å². The molecule has 0 aliphatic heterocycles. The molecule has 7 nitrogen and oxygen atoms in total. The molecule has 0 spiro atoms. The van der Waals surface area contributed by atoms with Crippen molar-refractivity contribution in [1.29, 1.82) is 5.26 Å². The van der Waals surface area contributed by atoms with Crippen molar-refractivity contribution < 1.29 is 13.2 Å². The van der Waals surface area contributed by atoms with Gasteiger partial charge in [0.25, 0.3) is 0 Å². The number of nitrogens with one attached hydrogen (secondary N) is 1. The lowest BCUT2D eigenvalue weighted by Gasteiger charge is -2.18. The quantitative estimate of drug-likeness (QED) is 0.821. The van der Waals surface area contributed by atoms with Crippen LogP contribution in [0.5, 0.6) is 0 Å². The smallest absolute Gasteiger partial charge is 0.243 e. The lowest BCUT2D eigenvalue weighted by Crippen LogP contribution is -2.35. The third kappa shape index (κ3) is 4.84. The molecule has 0 bridgehead atoms. The van der Waals surface area contributed by atoms with Crippen molar-refractivity contribution in [2.45, 2.75) is 11.8 Å². The first-order valence-electron chi connectivity index (χ1n) is 8.19. The van der Waals surface area contributed by atoms with E-state index in [1.165, 1.54) is 31.3 Å². The van der Waals surface area contributed by atoms with E-state index in [0.717, 1.165) is 15.6 Å². The number of hydrogen-bond acceptors (Lipinski definition) is 5. The third-order valence-electron chi connectivity index (χ3n) is 4.06. The molecule has 1 N–H and O–H groups in total. The van der Waals surface area contributed by atoms with Crippen LogP contribution >= 0.6 is 0 Å². The van der Waals surface area contributed by atoms with Crippen LogP contribution in [0, 0.1) is 18.3 Å². The molecular formula is C19H22N4O3S. The largest absolute Gasteiger partial charge is 0.378 e. The fourth-order valence-electron chi connectivity index (χ4n) is 2.42. The van der Waals surface area contributed by atoms with Crippen molar-refractivity contribution in [3.8, 4) is 6.07 Å². The molecule has 27 heavy (non-hydrogen) atoms. The molecule has 2 aromatic carbocycles. The van der Waals surface area contributed by atoms with Gasteiger partial charge in [0.05, 0.1) is 23.1 Å². The minimum Gasteiger partial charge on any atom is -0.378 e. The van der Waals surface area contributed by atoms with Crippen LogP contribution in [0.25, 0.3) is 0 Å². The molecule has 0 atom stereocenters. The summed E-state index contributed by atoms with van der Waals surface area (Å²) in [6, 6.07) is 13.1. The van der Waals surface area contributed by atoms with Crippen LogP contribution in [0.15, 0.2) is 47.4 Å². The number of aryl methyl sites for hydroxylation is 1. The lowest BCUT2D eigenvalue weighted by molar-refractivity contribution is -0.116. The van der Waals surface area contributed by atoms with Gasteiger partial charge >= 0.3 is 0 Å². The molecule has 0 aliphatic carbocycles. The average Bonchev–Trinajstić information content (AvgIpc) is 2.63. The fraction of sp³-hybridized carbons (Fsp3) is 0.263. The molecule has 0 aliphatic rings. The molecule has 2 rings (SSSR count). The first-order chi connectivity index (χ1) is 12.6. The molecule has 8 heteroatoms. The van der Waals surface area contributed by atoms with Crippen LogP contribution in [0.2, 0.25) is 0 Å². The van der Waals surface area contributed by atoms with Crippen molar-refractivity contribution in [3.63, 3.8) is 0 Å². The van der Waals surface area contributed by atoms with E-state index in [4.69, 9.17) is 5.26 Å². The van der Waals surface area contributed by atoms with E-state index < -0.39 is 15.9 Å². The number of anilines is 2. The second-order valence-corrected chi connectivity index (χ2v) is 8.38. The molecule has 0 saturated heterocycles. The maximum Gasteiger partial charge on any atom is 0.243 e. The number of nitrogens with zero attached hydrogens (tertiary/aromatic N) is 3. The van der Waals surface area contributed by atoms with Crippen LogP contribution in [0.1, 0.15) is 11.1 Å². The molecule has 0 radical (unpaired) electrons. The topological polar surface area (TPSA) is 93.5 Å². The van der Waals surface area contributed by atoms with Gasteiger partial charge in [0.1, 0.15) is 0 Å². The number of likely N-dealkylation sites (N-methyl/N-ethyl adjacent to an activating group) is 1. The first-order valence-corrected chi connectivity index (χ1v) is 9.63. The Bertz CT molecular complexity index is 977. The minimum atomic E-state index is -3.82. The van der Waals surface area contributed by atoms with Gasteiger partial charge in [-0.1, -0.05) is 0 Å². The van der Waals surface area contributed by atoms with Crippen LogP contribution in [0.3, 0.4) is 0 Å². The molecule has 2 aromatic rings. The Hall–Kier alpha value is -2.89. The predicted molar refractivity (Wildman–Crippen MR) is 105 cm³/mol. The Kier molecular flexibility index (Phi) is 6.20. The highest BCUT2D eigenvalue weighted by molar-refractivity contribution is 7.89. The Balaban J connectivity index is 2.09. The van der Waals surface area contributed by atoms with Gasteiger partial charge in [-0.05, 0) is 55.0 Å². The summed E-state index contributed by atoms with van der Waals surface area (Å²) >= 11 is 0. The molecule has 0 fully saturated rings. The molecule has 0 unspecified atom stereocenters. The number of carbonyl (C=O) groups excluding carboxylic acids is 1. The summed E-state index contributed by atoms with van der Waals surface area (Å²) in [6.07, 6.45) is 0. The van der Waals surface area contributed by atoms with Gasteiger partial charge in [0.15, 0.2) is 0 Å². The zero-order valence-electron chi connectivity index (χ0n) is 15.7. The van der Waals surface area contributed by atoms with Gasteiger partial charge in [-0.3, -0.25) is 4.79 Å². The normalized spacial score (nSPS) is 11.1. The number of nitriles is 1. The second kappa shape index (κ2) is 8.20. The molecule has 142 valence electrons. The molecule has 0 aromatic heterocycles. The molecule has 0 heterocycles. The number of sulfonamides is 1. The van der Waals surface area contributed by atoms with E-state index in [-0.39, 0.29) is 11.4 Å². The Labute approximate surface area is 159 Å². The van der Waals surface area contributed by atoms with E-state index in [9.17, 15) is 13.2 Å². The summed E-state index contributed by atoms with van der Waals surface area (Å²) < 4.78 is 26.1.